The predicted molar refractivity (Wildman–Crippen MR) is 65.1 cm³/mol. The molecule has 1 saturated carbocycles. The fraction of sp³-hybridized carbons (Fsp3) is 1.00. The van der Waals surface area contributed by atoms with Crippen LogP contribution in [0.1, 0.15) is 52.4 Å². The summed E-state index contributed by atoms with van der Waals surface area (Å²) in [6.07, 6.45) is 8.64. The van der Waals surface area contributed by atoms with Crippen molar-refractivity contribution in [2.75, 3.05) is 13.7 Å². The van der Waals surface area contributed by atoms with Crippen molar-refractivity contribution < 1.29 is 4.74 Å². The molecule has 1 aliphatic rings. The maximum atomic E-state index is 5.62. The molecule has 0 aromatic rings. The lowest BCUT2D eigenvalue weighted by molar-refractivity contribution is 0.0657. The molecule has 90 valence electrons. The fourth-order valence-electron chi connectivity index (χ4n) is 2.58. The average molecular weight is 213 g/mol. The lowest BCUT2D eigenvalue weighted by Gasteiger charge is -2.30. The zero-order chi connectivity index (χ0) is 11.1. The van der Waals surface area contributed by atoms with E-state index in [1.807, 2.05) is 0 Å². The topological polar surface area (TPSA) is 21.3 Å². The molecule has 1 unspecified atom stereocenters. The molecule has 0 aromatic heterocycles. The highest BCUT2D eigenvalue weighted by Crippen LogP contribution is 2.27. The van der Waals surface area contributed by atoms with Crippen molar-refractivity contribution in [3.05, 3.63) is 0 Å². The summed E-state index contributed by atoms with van der Waals surface area (Å²) in [6.45, 7) is 5.11. The van der Waals surface area contributed by atoms with Gasteiger partial charge in [0.15, 0.2) is 0 Å². The second-order valence-electron chi connectivity index (χ2n) is 5.00. The minimum Gasteiger partial charge on any atom is -0.379 e. The molecule has 1 aliphatic carbocycles. The molecule has 0 spiro atoms. The Balaban J connectivity index is 2.21. The third-order valence-corrected chi connectivity index (χ3v) is 3.47. The van der Waals surface area contributed by atoms with Gasteiger partial charge in [0.05, 0.1) is 6.10 Å². The van der Waals surface area contributed by atoms with E-state index in [0.717, 1.165) is 12.5 Å². The van der Waals surface area contributed by atoms with Crippen LogP contribution in [0, 0.1) is 5.92 Å². The van der Waals surface area contributed by atoms with Crippen molar-refractivity contribution in [2.24, 2.45) is 5.92 Å². The second kappa shape index (κ2) is 7.24. The molecule has 0 saturated heterocycles. The van der Waals surface area contributed by atoms with E-state index < -0.39 is 0 Å². The highest BCUT2D eigenvalue weighted by molar-refractivity contribution is 4.78. The summed E-state index contributed by atoms with van der Waals surface area (Å²) in [4.78, 5) is 0. The fourth-order valence-corrected chi connectivity index (χ4v) is 2.58. The summed E-state index contributed by atoms with van der Waals surface area (Å²) in [6, 6.07) is 0.670. The van der Waals surface area contributed by atoms with Crippen LogP contribution >= 0.6 is 0 Å². The van der Waals surface area contributed by atoms with Crippen molar-refractivity contribution in [3.63, 3.8) is 0 Å². The third-order valence-electron chi connectivity index (χ3n) is 3.47. The van der Waals surface area contributed by atoms with Crippen LogP contribution in [0.15, 0.2) is 0 Å². The van der Waals surface area contributed by atoms with Crippen LogP contribution in [0.5, 0.6) is 0 Å². The van der Waals surface area contributed by atoms with E-state index in [1.165, 1.54) is 38.5 Å². The van der Waals surface area contributed by atoms with Crippen molar-refractivity contribution in [2.45, 2.75) is 64.5 Å². The van der Waals surface area contributed by atoms with E-state index in [9.17, 15) is 0 Å². The van der Waals surface area contributed by atoms with Gasteiger partial charge in [-0.2, -0.15) is 0 Å². The summed E-state index contributed by atoms with van der Waals surface area (Å²) in [5, 5.41) is 3.47. The molecule has 0 aliphatic heterocycles. The number of rotatable bonds is 6. The first kappa shape index (κ1) is 13.0. The molecule has 0 radical (unpaired) electrons. The van der Waals surface area contributed by atoms with Crippen LogP contribution in [0.2, 0.25) is 0 Å². The van der Waals surface area contributed by atoms with Crippen molar-refractivity contribution in [1.29, 1.82) is 0 Å². The van der Waals surface area contributed by atoms with E-state index in [1.54, 1.807) is 0 Å². The first-order chi connectivity index (χ1) is 7.24. The minimum atomic E-state index is 0.369. The summed E-state index contributed by atoms with van der Waals surface area (Å²) in [7, 11) is 2.09. The Morgan fingerprint density at radius 2 is 1.87 bits per heavy atom. The summed E-state index contributed by atoms with van der Waals surface area (Å²) < 4.78 is 5.62. The number of ether oxygens (including phenoxy) is 1. The number of hydrogen-bond acceptors (Lipinski definition) is 2. The molecular weight excluding hydrogens is 186 g/mol. The first-order valence-corrected chi connectivity index (χ1v) is 6.53. The third kappa shape index (κ3) is 4.98. The monoisotopic (exact) mass is 213 g/mol. The van der Waals surface area contributed by atoms with Gasteiger partial charge >= 0.3 is 0 Å². The van der Waals surface area contributed by atoms with Crippen LogP contribution in [0.25, 0.3) is 0 Å². The van der Waals surface area contributed by atoms with E-state index in [2.05, 4.69) is 26.2 Å². The van der Waals surface area contributed by atoms with Gasteiger partial charge < -0.3 is 10.1 Å². The van der Waals surface area contributed by atoms with Gasteiger partial charge in [0.2, 0.25) is 0 Å². The average Bonchev–Trinajstić information content (AvgIpc) is 2.25. The normalized spacial score (nSPS) is 20.8. The van der Waals surface area contributed by atoms with Crippen molar-refractivity contribution in [1.82, 2.24) is 5.32 Å². The van der Waals surface area contributed by atoms with Gasteiger partial charge in [-0.15, -0.1) is 0 Å². The standard InChI is InChI=1S/C13H27NO/c1-11(2)15-10-9-13(14-3)12-7-5-4-6-8-12/h11-14H,4-10H2,1-3H3. The molecule has 0 heterocycles. The highest BCUT2D eigenvalue weighted by Gasteiger charge is 2.21. The quantitative estimate of drug-likeness (QED) is 0.732. The van der Waals surface area contributed by atoms with Gasteiger partial charge in [-0.1, -0.05) is 19.3 Å². The molecule has 2 nitrogen and oxygen atoms in total. The Morgan fingerprint density at radius 1 is 1.20 bits per heavy atom. The summed E-state index contributed by atoms with van der Waals surface area (Å²) in [5.74, 6) is 0.888. The van der Waals surface area contributed by atoms with Crippen LogP contribution in [-0.4, -0.2) is 25.8 Å². The van der Waals surface area contributed by atoms with E-state index >= 15 is 0 Å². The summed E-state index contributed by atoms with van der Waals surface area (Å²) in [5.41, 5.74) is 0. The zero-order valence-corrected chi connectivity index (χ0v) is 10.6. The van der Waals surface area contributed by atoms with Gasteiger partial charge in [-0.25, -0.2) is 0 Å². The molecule has 1 rings (SSSR count). The predicted octanol–water partition coefficient (Wildman–Crippen LogP) is 2.97. The number of hydrogen-bond donors (Lipinski definition) is 1. The van der Waals surface area contributed by atoms with Crippen molar-refractivity contribution >= 4 is 0 Å². The van der Waals surface area contributed by atoms with Crippen LogP contribution in [0.3, 0.4) is 0 Å². The SMILES string of the molecule is CNC(CCOC(C)C)C1CCCCC1. The van der Waals surface area contributed by atoms with Gasteiger partial charge in [-0.3, -0.25) is 0 Å². The Kier molecular flexibility index (Phi) is 6.26. The molecule has 0 bridgehead atoms. The van der Waals surface area contributed by atoms with Crippen molar-refractivity contribution in [3.8, 4) is 0 Å². The lowest BCUT2D eigenvalue weighted by atomic mass is 9.83. The Hall–Kier alpha value is -0.0800. The minimum absolute atomic E-state index is 0.369. The molecule has 1 fully saturated rings. The molecule has 0 amide bonds. The maximum absolute atomic E-state index is 5.62. The highest BCUT2D eigenvalue weighted by atomic mass is 16.5. The number of nitrogens with one attached hydrogen (secondary N) is 1. The molecule has 0 aromatic carbocycles. The van der Waals surface area contributed by atoms with Crippen LogP contribution in [-0.2, 0) is 4.74 Å². The van der Waals surface area contributed by atoms with Crippen LogP contribution < -0.4 is 5.32 Å². The first-order valence-electron chi connectivity index (χ1n) is 6.53. The maximum Gasteiger partial charge on any atom is 0.0518 e. The Bertz CT molecular complexity index is 153. The van der Waals surface area contributed by atoms with Gasteiger partial charge in [0.25, 0.3) is 0 Å². The van der Waals surface area contributed by atoms with E-state index in [-0.39, 0.29) is 0 Å². The van der Waals surface area contributed by atoms with Gasteiger partial charge in [0.1, 0.15) is 0 Å². The largest absolute Gasteiger partial charge is 0.379 e. The Labute approximate surface area is 94.8 Å². The van der Waals surface area contributed by atoms with Gasteiger partial charge in [0, 0.05) is 12.6 Å². The Morgan fingerprint density at radius 3 is 2.40 bits per heavy atom. The molecule has 15 heavy (non-hydrogen) atoms. The van der Waals surface area contributed by atoms with Gasteiger partial charge in [-0.05, 0) is 46.1 Å². The molecule has 2 heteroatoms. The second-order valence-corrected chi connectivity index (χ2v) is 5.00. The van der Waals surface area contributed by atoms with E-state index in [4.69, 9.17) is 4.74 Å². The zero-order valence-electron chi connectivity index (χ0n) is 10.6. The summed E-state index contributed by atoms with van der Waals surface area (Å²) >= 11 is 0. The molecule has 1 N–H and O–H groups in total. The van der Waals surface area contributed by atoms with E-state index in [0.29, 0.717) is 12.1 Å². The smallest absolute Gasteiger partial charge is 0.0518 e. The molecular formula is C13H27NO. The van der Waals surface area contributed by atoms with Crippen LogP contribution in [0.4, 0.5) is 0 Å². The lowest BCUT2D eigenvalue weighted by Crippen LogP contribution is -2.36. The molecule has 1 atom stereocenters.